The van der Waals surface area contributed by atoms with Gasteiger partial charge in [-0.2, -0.15) is 0 Å². The van der Waals surface area contributed by atoms with Gasteiger partial charge in [0, 0.05) is 6.54 Å². The smallest absolute Gasteiger partial charge is 0.191 e. The number of hydrogen-bond donors (Lipinski definition) is 2. The van der Waals surface area contributed by atoms with E-state index in [1.165, 1.54) is 6.07 Å². The minimum Gasteiger partial charge on any atom is -0.490 e. The summed E-state index contributed by atoms with van der Waals surface area (Å²) in [7, 11) is -3.23. The van der Waals surface area contributed by atoms with Gasteiger partial charge in [-0.1, -0.05) is 6.07 Å². The molecule has 0 saturated heterocycles. The molecule has 164 valence electrons. The van der Waals surface area contributed by atoms with Crippen molar-refractivity contribution < 1.29 is 17.5 Å². The number of sulfone groups is 1. The summed E-state index contributed by atoms with van der Waals surface area (Å²) in [5, 5.41) is 6.30. The highest BCUT2D eigenvalue weighted by atomic mass is 32.2. The lowest BCUT2D eigenvalue weighted by Crippen LogP contribution is -2.39. The number of rotatable bonds is 9. The number of ether oxygens (including phenoxy) is 1. The van der Waals surface area contributed by atoms with Gasteiger partial charge in [0.2, 0.25) is 0 Å². The molecule has 0 amide bonds. The number of nitrogens with zero attached hydrogens (tertiary/aromatic N) is 1. The molecule has 0 spiro atoms. The molecular formula is C21H34FN3O3S. The summed E-state index contributed by atoms with van der Waals surface area (Å²) in [5.41, 5.74) is 0.759. The molecule has 8 heteroatoms. The lowest BCUT2D eigenvalue weighted by Gasteiger charge is -2.20. The lowest BCUT2D eigenvalue weighted by molar-refractivity contribution is 0.285. The molecule has 0 heterocycles. The van der Waals surface area contributed by atoms with Crippen molar-refractivity contribution in [3.63, 3.8) is 0 Å². The van der Waals surface area contributed by atoms with Crippen LogP contribution in [0, 0.1) is 11.7 Å². The number of benzene rings is 1. The minimum absolute atomic E-state index is 0.0247. The lowest BCUT2D eigenvalue weighted by atomic mass is 10.1. The van der Waals surface area contributed by atoms with Gasteiger partial charge in [0.25, 0.3) is 0 Å². The van der Waals surface area contributed by atoms with E-state index in [1.807, 2.05) is 19.9 Å². The summed E-state index contributed by atoms with van der Waals surface area (Å²) >= 11 is 0. The van der Waals surface area contributed by atoms with Gasteiger partial charge in [0.1, 0.15) is 0 Å². The van der Waals surface area contributed by atoms with E-state index < -0.39 is 14.6 Å². The summed E-state index contributed by atoms with van der Waals surface area (Å²) in [6.45, 7) is 10.2. The molecule has 1 aromatic rings. The zero-order valence-corrected chi connectivity index (χ0v) is 18.9. The van der Waals surface area contributed by atoms with Crippen LogP contribution in [0.3, 0.4) is 0 Å². The van der Waals surface area contributed by atoms with Crippen molar-refractivity contribution in [3.8, 4) is 5.75 Å². The Hall–Kier alpha value is -1.83. The van der Waals surface area contributed by atoms with Crippen LogP contribution in [0.2, 0.25) is 0 Å². The average Bonchev–Trinajstić information content (AvgIpc) is 3.44. The molecule has 29 heavy (non-hydrogen) atoms. The van der Waals surface area contributed by atoms with Gasteiger partial charge in [0.05, 0.1) is 29.7 Å². The second-order valence-electron chi connectivity index (χ2n) is 8.50. The van der Waals surface area contributed by atoms with Crippen LogP contribution in [0.1, 0.15) is 59.1 Å². The highest BCUT2D eigenvalue weighted by Crippen LogP contribution is 2.30. The zero-order valence-electron chi connectivity index (χ0n) is 18.1. The molecule has 0 bridgehead atoms. The van der Waals surface area contributed by atoms with Gasteiger partial charge in [-0.3, -0.25) is 4.99 Å². The van der Waals surface area contributed by atoms with Crippen molar-refractivity contribution in [2.45, 2.75) is 58.2 Å². The first kappa shape index (κ1) is 23.4. The number of nitrogens with one attached hydrogen (secondary N) is 2. The topological polar surface area (TPSA) is 79.8 Å². The molecule has 2 N–H and O–H groups in total. The summed E-state index contributed by atoms with van der Waals surface area (Å²) < 4.78 is 43.6. The quantitative estimate of drug-likeness (QED) is 0.466. The number of aliphatic imine (C=N–C) groups is 1. The summed E-state index contributed by atoms with van der Waals surface area (Å²) in [4.78, 5) is 4.37. The first-order valence-electron chi connectivity index (χ1n) is 10.2. The van der Waals surface area contributed by atoms with Crippen LogP contribution < -0.4 is 15.4 Å². The van der Waals surface area contributed by atoms with Gasteiger partial charge in [-0.15, -0.1) is 0 Å². The largest absolute Gasteiger partial charge is 0.490 e. The van der Waals surface area contributed by atoms with Crippen LogP contribution in [0.5, 0.6) is 5.75 Å². The Balaban J connectivity index is 1.98. The molecule has 1 fully saturated rings. The molecule has 2 rings (SSSR count). The van der Waals surface area contributed by atoms with Crippen LogP contribution in [-0.2, 0) is 9.84 Å². The maximum atomic E-state index is 14.3. The fourth-order valence-electron chi connectivity index (χ4n) is 2.59. The maximum Gasteiger partial charge on any atom is 0.191 e. The summed E-state index contributed by atoms with van der Waals surface area (Å²) in [6.07, 6.45) is 2.31. The average molecular weight is 428 g/mol. The molecule has 6 nitrogen and oxygen atoms in total. The van der Waals surface area contributed by atoms with E-state index >= 15 is 0 Å². The zero-order chi connectivity index (χ0) is 21.7. The molecule has 1 unspecified atom stereocenters. The Morgan fingerprint density at radius 1 is 1.34 bits per heavy atom. The normalized spacial score (nSPS) is 16.4. The van der Waals surface area contributed by atoms with E-state index in [0.29, 0.717) is 25.0 Å². The third-order valence-corrected chi connectivity index (χ3v) is 7.47. The van der Waals surface area contributed by atoms with E-state index in [4.69, 9.17) is 4.74 Å². The van der Waals surface area contributed by atoms with Crippen LogP contribution >= 0.6 is 0 Å². The predicted octanol–water partition coefficient (Wildman–Crippen LogP) is 3.44. The monoisotopic (exact) mass is 427 g/mol. The Labute approximate surface area is 174 Å². The van der Waals surface area contributed by atoms with Crippen molar-refractivity contribution in [2.75, 3.05) is 25.4 Å². The third-order valence-electron chi connectivity index (χ3n) is 4.89. The van der Waals surface area contributed by atoms with Crippen molar-refractivity contribution >= 4 is 15.8 Å². The van der Waals surface area contributed by atoms with Crippen molar-refractivity contribution in [3.05, 3.63) is 29.6 Å². The summed E-state index contributed by atoms with van der Waals surface area (Å²) in [5.74, 6) is 0.938. The number of halogens is 1. The standard InChI is InChI=1S/C21H34FN3O3S/c1-6-23-20(24-11-12-29(26,27)21(3,4)5)25-15(2)17-9-10-19(18(22)13-17)28-14-16-7-8-16/h9-10,13,15-16H,6-8,11-12,14H2,1-5H3,(H2,23,24,25). The Morgan fingerprint density at radius 3 is 2.59 bits per heavy atom. The van der Waals surface area contributed by atoms with Crippen molar-refractivity contribution in [2.24, 2.45) is 10.9 Å². The van der Waals surface area contributed by atoms with Gasteiger partial charge in [-0.25, -0.2) is 12.8 Å². The van der Waals surface area contributed by atoms with Gasteiger partial charge in [-0.05, 0) is 71.1 Å². The van der Waals surface area contributed by atoms with Crippen LogP contribution in [0.25, 0.3) is 0 Å². The van der Waals surface area contributed by atoms with Gasteiger partial charge < -0.3 is 15.4 Å². The Kier molecular flexibility index (Phi) is 7.91. The van der Waals surface area contributed by atoms with E-state index in [1.54, 1.807) is 26.8 Å². The Morgan fingerprint density at radius 2 is 2.03 bits per heavy atom. The van der Waals surface area contributed by atoms with Crippen LogP contribution in [0.4, 0.5) is 4.39 Å². The predicted molar refractivity (Wildman–Crippen MR) is 116 cm³/mol. The van der Waals surface area contributed by atoms with Crippen LogP contribution in [0.15, 0.2) is 23.2 Å². The van der Waals surface area contributed by atoms with Gasteiger partial charge in [0.15, 0.2) is 27.4 Å². The minimum atomic E-state index is -3.23. The van der Waals surface area contributed by atoms with E-state index in [2.05, 4.69) is 15.6 Å². The SMILES string of the molecule is CCNC(=NCCS(=O)(=O)C(C)(C)C)NC(C)c1ccc(OCC2CC2)c(F)c1. The Bertz CT molecular complexity index is 815. The molecule has 0 radical (unpaired) electrons. The maximum absolute atomic E-state index is 14.3. The highest BCUT2D eigenvalue weighted by molar-refractivity contribution is 7.92. The summed E-state index contributed by atoms with van der Waals surface area (Å²) in [6, 6.07) is 4.74. The molecule has 0 aliphatic heterocycles. The molecule has 0 aromatic heterocycles. The van der Waals surface area contributed by atoms with E-state index in [9.17, 15) is 12.8 Å². The third kappa shape index (κ3) is 7.17. The number of hydrogen-bond acceptors (Lipinski definition) is 4. The highest BCUT2D eigenvalue weighted by Gasteiger charge is 2.28. The first-order valence-corrected chi connectivity index (χ1v) is 11.9. The molecule has 1 aromatic carbocycles. The van der Waals surface area contributed by atoms with E-state index in [-0.39, 0.29) is 29.9 Å². The molecular weight excluding hydrogens is 393 g/mol. The second-order valence-corrected chi connectivity index (χ2v) is 11.4. The molecule has 1 saturated carbocycles. The molecule has 1 aliphatic rings. The molecule has 1 atom stereocenters. The van der Waals surface area contributed by atoms with Crippen molar-refractivity contribution in [1.82, 2.24) is 10.6 Å². The first-order chi connectivity index (χ1) is 13.5. The van der Waals surface area contributed by atoms with E-state index in [0.717, 1.165) is 18.4 Å². The fraction of sp³-hybridized carbons (Fsp3) is 0.667. The van der Waals surface area contributed by atoms with Gasteiger partial charge >= 0.3 is 0 Å². The second kappa shape index (κ2) is 9.78. The fourth-order valence-corrected chi connectivity index (χ4v) is 3.53. The number of guanidine groups is 1. The van der Waals surface area contributed by atoms with Crippen LogP contribution in [-0.4, -0.2) is 44.6 Å². The molecule has 1 aliphatic carbocycles. The van der Waals surface area contributed by atoms with Crippen molar-refractivity contribution in [1.29, 1.82) is 0 Å².